The Balaban J connectivity index is 1.53. The highest BCUT2D eigenvalue weighted by molar-refractivity contribution is 7.89. The number of nitrogens with one attached hydrogen (secondary N) is 1. The minimum atomic E-state index is -3.23. The molecule has 150 valence electrons. The molecule has 0 radical (unpaired) electrons. The second-order valence-electron chi connectivity index (χ2n) is 7.40. The summed E-state index contributed by atoms with van der Waals surface area (Å²) in [6.45, 7) is 2.74. The Bertz CT molecular complexity index is 1170. The number of carbonyl (C=O) groups is 1. The van der Waals surface area contributed by atoms with Crippen LogP contribution in [0.5, 0.6) is 0 Å². The molecule has 3 aromatic rings. The summed E-state index contributed by atoms with van der Waals surface area (Å²) < 4.78 is 26.4. The molecule has 1 aliphatic heterocycles. The molecule has 1 amide bonds. The molecule has 0 bridgehead atoms. The third-order valence-electron chi connectivity index (χ3n) is 5.31. The van der Waals surface area contributed by atoms with Gasteiger partial charge in [-0.05, 0) is 59.0 Å². The Hall–Kier alpha value is -2.70. The molecule has 0 fully saturated rings. The van der Waals surface area contributed by atoms with Crippen molar-refractivity contribution in [3.63, 3.8) is 0 Å². The molecule has 6 heteroatoms. The Kier molecular flexibility index (Phi) is 5.39. The summed E-state index contributed by atoms with van der Waals surface area (Å²) in [6.07, 6.45) is 1.30. The zero-order chi connectivity index (χ0) is 20.4. The first kappa shape index (κ1) is 19.6. The monoisotopic (exact) mass is 408 g/mol. The van der Waals surface area contributed by atoms with Crippen LogP contribution >= 0.6 is 0 Å². The standard InChI is InChI=1S/C23H24N2O3S/c1-2-13-29(27,28)25-12-11-18-9-10-22(15-21(18)16-25)24-23(26)20-8-7-17-5-3-4-6-19(17)14-20/h3-10,14-15H,2,11-13,16H2,1H3,(H,24,26). The van der Waals surface area contributed by atoms with Gasteiger partial charge in [-0.3, -0.25) is 4.79 Å². The number of benzene rings is 3. The van der Waals surface area contributed by atoms with Crippen molar-refractivity contribution in [3.05, 3.63) is 77.4 Å². The topological polar surface area (TPSA) is 66.5 Å². The van der Waals surface area contributed by atoms with Crippen LogP contribution in [0.25, 0.3) is 10.8 Å². The lowest BCUT2D eigenvalue weighted by Gasteiger charge is -2.28. The Morgan fingerprint density at radius 3 is 2.59 bits per heavy atom. The molecule has 0 unspecified atom stereocenters. The lowest BCUT2D eigenvalue weighted by atomic mass is 10.0. The number of fused-ring (bicyclic) bond motifs is 2. The SMILES string of the molecule is CCCS(=O)(=O)N1CCc2ccc(NC(=O)c3ccc4ccccc4c3)cc2C1. The predicted molar refractivity (Wildman–Crippen MR) is 117 cm³/mol. The van der Waals surface area contributed by atoms with Crippen LogP contribution in [0.1, 0.15) is 34.8 Å². The van der Waals surface area contributed by atoms with Gasteiger partial charge >= 0.3 is 0 Å². The van der Waals surface area contributed by atoms with E-state index in [1.807, 2.05) is 67.6 Å². The maximum Gasteiger partial charge on any atom is 0.255 e. The molecule has 4 rings (SSSR count). The molecule has 0 spiro atoms. The van der Waals surface area contributed by atoms with Crippen LogP contribution in [0.3, 0.4) is 0 Å². The van der Waals surface area contributed by atoms with E-state index >= 15 is 0 Å². The maximum absolute atomic E-state index is 12.7. The van der Waals surface area contributed by atoms with Gasteiger partial charge in [-0.15, -0.1) is 0 Å². The largest absolute Gasteiger partial charge is 0.322 e. The second kappa shape index (κ2) is 7.97. The molecule has 1 N–H and O–H groups in total. The third-order valence-corrected chi connectivity index (χ3v) is 7.33. The van der Waals surface area contributed by atoms with Crippen molar-refractivity contribution < 1.29 is 13.2 Å². The first-order valence-corrected chi connectivity index (χ1v) is 11.5. The molecular formula is C23H24N2O3S. The fraction of sp³-hybridized carbons (Fsp3) is 0.261. The van der Waals surface area contributed by atoms with E-state index < -0.39 is 10.0 Å². The van der Waals surface area contributed by atoms with Gasteiger partial charge in [-0.1, -0.05) is 43.3 Å². The van der Waals surface area contributed by atoms with Crippen molar-refractivity contribution in [1.29, 1.82) is 0 Å². The summed E-state index contributed by atoms with van der Waals surface area (Å²) in [5.74, 6) is -0.0113. The summed E-state index contributed by atoms with van der Waals surface area (Å²) in [4.78, 5) is 12.7. The van der Waals surface area contributed by atoms with Crippen LogP contribution in [0, 0.1) is 0 Å². The Morgan fingerprint density at radius 2 is 1.79 bits per heavy atom. The summed E-state index contributed by atoms with van der Waals surface area (Å²) in [5.41, 5.74) is 3.36. The van der Waals surface area contributed by atoms with Gasteiger partial charge in [0.25, 0.3) is 5.91 Å². The number of nitrogens with zero attached hydrogens (tertiary/aromatic N) is 1. The van der Waals surface area contributed by atoms with Crippen LogP contribution in [0.4, 0.5) is 5.69 Å². The highest BCUT2D eigenvalue weighted by atomic mass is 32.2. The molecule has 0 aliphatic carbocycles. The minimum Gasteiger partial charge on any atom is -0.322 e. The predicted octanol–water partition coefficient (Wildman–Crippen LogP) is 4.19. The van der Waals surface area contributed by atoms with Crippen molar-refractivity contribution in [1.82, 2.24) is 4.31 Å². The quantitative estimate of drug-likeness (QED) is 0.688. The van der Waals surface area contributed by atoms with Crippen LogP contribution in [-0.4, -0.2) is 30.9 Å². The van der Waals surface area contributed by atoms with Gasteiger partial charge in [0.2, 0.25) is 10.0 Å². The zero-order valence-electron chi connectivity index (χ0n) is 16.4. The zero-order valence-corrected chi connectivity index (χ0v) is 17.2. The lowest BCUT2D eigenvalue weighted by Crippen LogP contribution is -2.37. The number of hydrogen-bond donors (Lipinski definition) is 1. The Morgan fingerprint density at radius 1 is 1.00 bits per heavy atom. The van der Waals surface area contributed by atoms with Crippen molar-refractivity contribution in [2.24, 2.45) is 0 Å². The average Bonchev–Trinajstić information content (AvgIpc) is 2.72. The molecule has 1 heterocycles. The van der Waals surface area contributed by atoms with Gasteiger partial charge in [-0.25, -0.2) is 8.42 Å². The summed E-state index contributed by atoms with van der Waals surface area (Å²) in [6, 6.07) is 19.3. The molecule has 5 nitrogen and oxygen atoms in total. The van der Waals surface area contributed by atoms with Gasteiger partial charge in [0.15, 0.2) is 0 Å². The fourth-order valence-corrected chi connectivity index (χ4v) is 5.25. The van der Waals surface area contributed by atoms with E-state index in [0.717, 1.165) is 21.9 Å². The maximum atomic E-state index is 12.7. The number of carbonyl (C=O) groups excluding carboxylic acids is 1. The summed E-state index contributed by atoms with van der Waals surface area (Å²) in [7, 11) is -3.23. The molecule has 1 aliphatic rings. The van der Waals surface area contributed by atoms with E-state index in [4.69, 9.17) is 0 Å². The van der Waals surface area contributed by atoms with E-state index in [9.17, 15) is 13.2 Å². The number of amides is 1. The molecule has 0 aromatic heterocycles. The third kappa shape index (κ3) is 4.18. The van der Waals surface area contributed by atoms with Crippen LogP contribution in [-0.2, 0) is 23.0 Å². The second-order valence-corrected chi connectivity index (χ2v) is 9.49. The van der Waals surface area contributed by atoms with Gasteiger partial charge < -0.3 is 5.32 Å². The number of hydrogen-bond acceptors (Lipinski definition) is 3. The first-order chi connectivity index (χ1) is 14.0. The van der Waals surface area contributed by atoms with E-state index in [0.29, 0.717) is 37.2 Å². The van der Waals surface area contributed by atoms with Gasteiger partial charge in [-0.2, -0.15) is 4.31 Å². The molecule has 0 atom stereocenters. The van der Waals surface area contributed by atoms with E-state index in [1.165, 1.54) is 0 Å². The highest BCUT2D eigenvalue weighted by Crippen LogP contribution is 2.25. The van der Waals surface area contributed by atoms with Gasteiger partial charge in [0, 0.05) is 24.3 Å². The number of rotatable bonds is 5. The van der Waals surface area contributed by atoms with Crippen LogP contribution in [0.15, 0.2) is 60.7 Å². The van der Waals surface area contributed by atoms with Crippen LogP contribution < -0.4 is 5.32 Å². The first-order valence-electron chi connectivity index (χ1n) is 9.86. The van der Waals surface area contributed by atoms with Crippen LogP contribution in [0.2, 0.25) is 0 Å². The fourth-order valence-electron chi connectivity index (χ4n) is 3.77. The van der Waals surface area contributed by atoms with E-state index in [-0.39, 0.29) is 11.7 Å². The molecule has 0 saturated carbocycles. The van der Waals surface area contributed by atoms with Crippen molar-refractivity contribution >= 4 is 32.4 Å². The van der Waals surface area contributed by atoms with Crippen molar-refractivity contribution in [3.8, 4) is 0 Å². The van der Waals surface area contributed by atoms with Gasteiger partial charge in [0.1, 0.15) is 0 Å². The molecule has 3 aromatic carbocycles. The molecule has 0 saturated heterocycles. The average molecular weight is 409 g/mol. The normalized spacial score (nSPS) is 14.5. The number of sulfonamides is 1. The smallest absolute Gasteiger partial charge is 0.255 e. The summed E-state index contributed by atoms with van der Waals surface area (Å²) in [5, 5.41) is 5.05. The van der Waals surface area contributed by atoms with E-state index in [2.05, 4.69) is 5.32 Å². The Labute approximate surface area is 171 Å². The van der Waals surface area contributed by atoms with E-state index in [1.54, 1.807) is 4.31 Å². The molecular weight excluding hydrogens is 384 g/mol. The highest BCUT2D eigenvalue weighted by Gasteiger charge is 2.26. The number of anilines is 1. The lowest BCUT2D eigenvalue weighted by molar-refractivity contribution is 0.102. The minimum absolute atomic E-state index is 0.167. The molecule has 29 heavy (non-hydrogen) atoms. The van der Waals surface area contributed by atoms with Crippen molar-refractivity contribution in [2.45, 2.75) is 26.3 Å². The van der Waals surface area contributed by atoms with Crippen molar-refractivity contribution in [2.75, 3.05) is 17.6 Å². The van der Waals surface area contributed by atoms with Gasteiger partial charge in [0.05, 0.1) is 5.75 Å². The summed E-state index contributed by atoms with van der Waals surface area (Å²) >= 11 is 0.